The van der Waals surface area contributed by atoms with Crippen molar-refractivity contribution in [3.8, 4) is 22.4 Å². The number of aromatic nitrogens is 2. The fourth-order valence-corrected chi connectivity index (χ4v) is 7.70. The van der Waals surface area contributed by atoms with E-state index in [4.69, 9.17) is 9.97 Å². The second-order valence-electron chi connectivity index (χ2n) is 10.5. The van der Waals surface area contributed by atoms with Crippen LogP contribution in [0.1, 0.15) is 0 Å². The van der Waals surface area contributed by atoms with Crippen molar-refractivity contribution in [1.29, 1.82) is 0 Å². The molecule has 2 heterocycles. The lowest BCUT2D eigenvalue weighted by atomic mass is 9.93. The van der Waals surface area contributed by atoms with Crippen LogP contribution >= 0.6 is 11.3 Å². The van der Waals surface area contributed by atoms with E-state index in [1.54, 1.807) is 0 Å². The Labute approximate surface area is 240 Å². The van der Waals surface area contributed by atoms with Crippen LogP contribution in [0, 0.1) is 0 Å². The first-order valence-electron chi connectivity index (χ1n) is 13.8. The summed E-state index contributed by atoms with van der Waals surface area (Å²) in [6.07, 6.45) is 1.94. The van der Waals surface area contributed by atoms with Gasteiger partial charge in [-0.2, -0.15) is 0 Å². The fraction of sp³-hybridized carbons (Fsp3) is 0. The SMILES string of the molecule is c1ccc2c(c1)sc1c(-c3ccc(-c4cnc5c6ccccc6c6ccccc6c5n4)c4ccccc34)cccc12. The molecule has 0 N–H and O–H groups in total. The molecule has 190 valence electrons. The van der Waals surface area contributed by atoms with Gasteiger partial charge in [-0.3, -0.25) is 4.98 Å². The number of benzene rings is 7. The summed E-state index contributed by atoms with van der Waals surface area (Å²) < 4.78 is 2.65. The minimum Gasteiger partial charge on any atom is -0.252 e. The molecule has 0 unspecified atom stereocenters. The van der Waals surface area contributed by atoms with Crippen LogP contribution < -0.4 is 0 Å². The van der Waals surface area contributed by atoms with Crippen LogP contribution in [-0.4, -0.2) is 9.97 Å². The normalized spacial score (nSPS) is 11.9. The van der Waals surface area contributed by atoms with Gasteiger partial charge in [0.15, 0.2) is 0 Å². The number of fused-ring (bicyclic) bond motifs is 10. The Morgan fingerprint density at radius 1 is 0.390 bits per heavy atom. The molecule has 0 aliphatic carbocycles. The van der Waals surface area contributed by atoms with E-state index in [9.17, 15) is 0 Å². The van der Waals surface area contributed by atoms with Crippen LogP contribution in [0.4, 0.5) is 0 Å². The van der Waals surface area contributed by atoms with Gasteiger partial charge in [-0.05, 0) is 33.2 Å². The minimum atomic E-state index is 0.890. The average molecular weight is 539 g/mol. The Hall–Kier alpha value is -5.12. The van der Waals surface area contributed by atoms with Gasteiger partial charge in [0.2, 0.25) is 0 Å². The van der Waals surface area contributed by atoms with Crippen molar-refractivity contribution in [2.75, 3.05) is 0 Å². The maximum Gasteiger partial charge on any atom is 0.0979 e. The summed E-state index contributed by atoms with van der Waals surface area (Å²) in [7, 11) is 0. The van der Waals surface area contributed by atoms with Crippen molar-refractivity contribution in [2.24, 2.45) is 0 Å². The lowest BCUT2D eigenvalue weighted by Gasteiger charge is -2.14. The zero-order valence-electron chi connectivity index (χ0n) is 22.0. The van der Waals surface area contributed by atoms with Crippen molar-refractivity contribution < 1.29 is 0 Å². The molecule has 2 nitrogen and oxygen atoms in total. The number of hydrogen-bond acceptors (Lipinski definition) is 3. The first-order chi connectivity index (χ1) is 20.3. The Morgan fingerprint density at radius 3 is 1.71 bits per heavy atom. The highest BCUT2D eigenvalue weighted by atomic mass is 32.1. The van der Waals surface area contributed by atoms with E-state index in [0.717, 1.165) is 33.1 Å². The van der Waals surface area contributed by atoms with Crippen LogP contribution in [0.25, 0.3) is 85.9 Å². The number of rotatable bonds is 2. The summed E-state index contributed by atoms with van der Waals surface area (Å²) in [6, 6.07) is 45.6. The van der Waals surface area contributed by atoms with Crippen molar-refractivity contribution in [3.63, 3.8) is 0 Å². The maximum atomic E-state index is 5.29. The molecule has 41 heavy (non-hydrogen) atoms. The summed E-state index contributed by atoms with van der Waals surface area (Å²) in [5.74, 6) is 0. The van der Waals surface area contributed by atoms with Gasteiger partial charge in [-0.25, -0.2) is 4.98 Å². The molecule has 7 aromatic carbocycles. The van der Waals surface area contributed by atoms with E-state index in [0.29, 0.717) is 0 Å². The van der Waals surface area contributed by atoms with Gasteiger partial charge >= 0.3 is 0 Å². The molecule has 3 heteroatoms. The minimum absolute atomic E-state index is 0.890. The molecule has 0 saturated heterocycles. The molecule has 0 amide bonds. The van der Waals surface area contributed by atoms with E-state index in [1.165, 1.54) is 52.8 Å². The topological polar surface area (TPSA) is 25.8 Å². The highest BCUT2D eigenvalue weighted by Crippen LogP contribution is 2.43. The van der Waals surface area contributed by atoms with Crippen LogP contribution in [-0.2, 0) is 0 Å². The molecule has 0 fully saturated rings. The van der Waals surface area contributed by atoms with E-state index >= 15 is 0 Å². The second kappa shape index (κ2) is 8.69. The standard InChI is InChI=1S/C38H22N2S/c1-2-11-24-23(10-1)27(32-17-9-18-33-29-14-7-8-19-35(29)41-38(32)33)20-21-28(24)34-22-39-36-30-15-5-3-12-25(30)26-13-4-6-16-31(26)37(36)40-34/h1-22H. The van der Waals surface area contributed by atoms with Gasteiger partial charge in [0.25, 0.3) is 0 Å². The Kier molecular flexibility index (Phi) is 4.80. The summed E-state index contributed by atoms with van der Waals surface area (Å²) in [5.41, 5.74) is 6.39. The summed E-state index contributed by atoms with van der Waals surface area (Å²) in [4.78, 5) is 10.3. The fourth-order valence-electron chi connectivity index (χ4n) is 6.47. The van der Waals surface area contributed by atoms with Gasteiger partial charge in [-0.15, -0.1) is 11.3 Å². The molecule has 0 bridgehead atoms. The molecule has 0 atom stereocenters. The van der Waals surface area contributed by atoms with Crippen LogP contribution in [0.2, 0.25) is 0 Å². The Balaban J connectivity index is 1.31. The molecule has 0 aliphatic rings. The number of hydrogen-bond donors (Lipinski definition) is 0. The lowest BCUT2D eigenvalue weighted by Crippen LogP contribution is -1.93. The summed E-state index contributed by atoms with van der Waals surface area (Å²) in [6.45, 7) is 0. The zero-order chi connectivity index (χ0) is 26.9. The maximum absolute atomic E-state index is 5.29. The predicted molar refractivity (Wildman–Crippen MR) is 176 cm³/mol. The first-order valence-corrected chi connectivity index (χ1v) is 14.7. The molecule has 0 aliphatic heterocycles. The van der Waals surface area contributed by atoms with Crippen molar-refractivity contribution in [2.45, 2.75) is 0 Å². The predicted octanol–water partition coefficient (Wildman–Crippen LogP) is 10.8. The van der Waals surface area contributed by atoms with Crippen LogP contribution in [0.15, 0.2) is 134 Å². The zero-order valence-corrected chi connectivity index (χ0v) is 22.8. The lowest BCUT2D eigenvalue weighted by molar-refractivity contribution is 1.31. The Bertz CT molecular complexity index is 2450. The monoisotopic (exact) mass is 538 g/mol. The van der Waals surface area contributed by atoms with E-state index in [-0.39, 0.29) is 0 Å². The van der Waals surface area contributed by atoms with Crippen LogP contribution in [0.5, 0.6) is 0 Å². The van der Waals surface area contributed by atoms with E-state index in [2.05, 4.69) is 127 Å². The van der Waals surface area contributed by atoms with Gasteiger partial charge in [0, 0.05) is 42.1 Å². The van der Waals surface area contributed by atoms with Crippen molar-refractivity contribution in [3.05, 3.63) is 134 Å². The third-order valence-electron chi connectivity index (χ3n) is 8.32. The number of nitrogens with zero attached hydrogens (tertiary/aromatic N) is 2. The molecule has 0 saturated carbocycles. The number of thiophene rings is 1. The van der Waals surface area contributed by atoms with Gasteiger partial charge < -0.3 is 0 Å². The second-order valence-corrected chi connectivity index (χ2v) is 11.6. The van der Waals surface area contributed by atoms with Crippen LogP contribution in [0.3, 0.4) is 0 Å². The molecule has 2 aromatic heterocycles. The summed E-state index contributed by atoms with van der Waals surface area (Å²) >= 11 is 1.87. The van der Waals surface area contributed by atoms with E-state index < -0.39 is 0 Å². The molecule has 9 rings (SSSR count). The highest BCUT2D eigenvalue weighted by molar-refractivity contribution is 7.26. The average Bonchev–Trinajstić information content (AvgIpc) is 3.43. The third kappa shape index (κ3) is 3.30. The molecule has 0 radical (unpaired) electrons. The molecule has 0 spiro atoms. The summed E-state index contributed by atoms with van der Waals surface area (Å²) in [5, 5.41) is 9.73. The quantitative estimate of drug-likeness (QED) is 0.205. The van der Waals surface area contributed by atoms with Gasteiger partial charge in [0.05, 0.1) is 22.9 Å². The first kappa shape index (κ1) is 22.7. The molecular formula is C38H22N2S. The van der Waals surface area contributed by atoms with E-state index in [1.807, 2.05) is 17.5 Å². The smallest absolute Gasteiger partial charge is 0.0979 e. The largest absolute Gasteiger partial charge is 0.252 e. The van der Waals surface area contributed by atoms with Gasteiger partial charge in [-0.1, -0.05) is 121 Å². The molecular weight excluding hydrogens is 516 g/mol. The highest BCUT2D eigenvalue weighted by Gasteiger charge is 2.16. The van der Waals surface area contributed by atoms with Gasteiger partial charge in [0.1, 0.15) is 0 Å². The Morgan fingerprint density at radius 2 is 0.951 bits per heavy atom. The third-order valence-corrected chi connectivity index (χ3v) is 9.54. The molecule has 9 aromatic rings. The van der Waals surface area contributed by atoms with Crippen molar-refractivity contribution >= 4 is 74.9 Å². The van der Waals surface area contributed by atoms with Crippen molar-refractivity contribution in [1.82, 2.24) is 9.97 Å².